The molecule has 0 unspecified atom stereocenters. The molecule has 1 N–H and O–H groups in total. The normalized spacial score (nSPS) is 13.7. The maximum absolute atomic E-state index is 11.7. The van der Waals surface area contributed by atoms with E-state index in [1.54, 1.807) is 0 Å². The van der Waals surface area contributed by atoms with Gasteiger partial charge >= 0.3 is 0 Å². The van der Waals surface area contributed by atoms with Crippen molar-refractivity contribution < 1.29 is 5.11 Å². The molecule has 138 valence electrons. The Bertz CT molecular complexity index is 790. The van der Waals surface area contributed by atoms with Gasteiger partial charge in [0.05, 0.1) is 5.73 Å². The van der Waals surface area contributed by atoms with Gasteiger partial charge in [-0.2, -0.15) is 0 Å². The zero-order chi connectivity index (χ0) is 19.1. The molecule has 1 nitrogen and oxygen atoms in total. The second kappa shape index (κ2) is 8.98. The largest absolute Gasteiger partial charge is 0.395 e. The number of allylic oxidation sites excluding steroid dienone is 1. The Balaban J connectivity index is 2.14. The van der Waals surface area contributed by atoms with Gasteiger partial charge in [0.1, 0.15) is 8.07 Å². The molecule has 2 atom stereocenters. The maximum Gasteiger partial charge on any atom is 0.149 e. The standard InChI is InChI=1S/C25H28OSi/c1-3-21(2)20-27(23-15-9-5-10-16-23,24-17-11-6-12-18-24)25(26)19-22-13-7-4-8-14-22/h3-18,21,25-26H,1,19-20H2,2H3/t21-,25-/m0/s1. The third-order valence-corrected chi connectivity index (χ3v) is 10.8. The van der Waals surface area contributed by atoms with Crippen LogP contribution in [0.25, 0.3) is 0 Å². The molecule has 3 aromatic rings. The van der Waals surface area contributed by atoms with Crippen LogP contribution in [0.4, 0.5) is 0 Å². The van der Waals surface area contributed by atoms with Crippen LogP contribution in [0.1, 0.15) is 12.5 Å². The van der Waals surface area contributed by atoms with Crippen molar-refractivity contribution >= 4 is 18.4 Å². The van der Waals surface area contributed by atoms with E-state index in [0.29, 0.717) is 12.3 Å². The van der Waals surface area contributed by atoms with Crippen LogP contribution in [0.15, 0.2) is 104 Å². The summed E-state index contributed by atoms with van der Waals surface area (Å²) in [6.07, 6.45) is 2.68. The number of aliphatic hydroxyl groups excluding tert-OH is 1. The molecule has 0 aliphatic rings. The fraction of sp³-hybridized carbons (Fsp3) is 0.200. The molecule has 3 rings (SSSR count). The fourth-order valence-electron chi connectivity index (χ4n) is 4.00. The predicted octanol–water partition coefficient (Wildman–Crippen LogP) is 4.21. The van der Waals surface area contributed by atoms with Crippen LogP contribution in [-0.4, -0.2) is 18.9 Å². The van der Waals surface area contributed by atoms with E-state index in [0.717, 1.165) is 6.04 Å². The maximum atomic E-state index is 11.7. The van der Waals surface area contributed by atoms with Gasteiger partial charge < -0.3 is 5.11 Å². The highest BCUT2D eigenvalue weighted by Gasteiger charge is 2.44. The zero-order valence-electron chi connectivity index (χ0n) is 16.0. The molecule has 0 radical (unpaired) electrons. The highest BCUT2D eigenvalue weighted by atomic mass is 28.3. The Morgan fingerprint density at radius 3 is 1.70 bits per heavy atom. The molecule has 0 heterocycles. The number of benzene rings is 3. The SMILES string of the molecule is C=C[C@H](C)C[Si](c1ccccc1)(c1ccccc1)[C@H](O)Cc1ccccc1. The van der Waals surface area contributed by atoms with Gasteiger partial charge in [0.25, 0.3) is 0 Å². The summed E-state index contributed by atoms with van der Waals surface area (Å²) in [6, 6.07) is 32.5. The average molecular weight is 373 g/mol. The molecule has 0 saturated heterocycles. The van der Waals surface area contributed by atoms with E-state index in [2.05, 4.69) is 74.2 Å². The van der Waals surface area contributed by atoms with Gasteiger partial charge in [-0.3, -0.25) is 0 Å². The number of rotatable bonds is 8. The smallest absolute Gasteiger partial charge is 0.149 e. The molecule has 3 aromatic carbocycles. The highest BCUT2D eigenvalue weighted by Crippen LogP contribution is 2.24. The van der Waals surface area contributed by atoms with Crippen LogP contribution in [0, 0.1) is 5.92 Å². The van der Waals surface area contributed by atoms with Crippen molar-refractivity contribution in [2.75, 3.05) is 0 Å². The van der Waals surface area contributed by atoms with Gasteiger partial charge in [-0.05, 0) is 23.9 Å². The van der Waals surface area contributed by atoms with Gasteiger partial charge in [0, 0.05) is 0 Å². The van der Waals surface area contributed by atoms with Crippen LogP contribution >= 0.6 is 0 Å². The van der Waals surface area contributed by atoms with E-state index < -0.39 is 13.8 Å². The summed E-state index contributed by atoms with van der Waals surface area (Å²) in [5.74, 6) is 0.336. The quantitative estimate of drug-likeness (QED) is 0.464. The highest BCUT2D eigenvalue weighted by molar-refractivity contribution is 7.03. The topological polar surface area (TPSA) is 20.2 Å². The van der Waals surface area contributed by atoms with Crippen LogP contribution < -0.4 is 10.4 Å². The van der Waals surface area contributed by atoms with Crippen molar-refractivity contribution in [1.82, 2.24) is 0 Å². The Labute approximate surface area is 164 Å². The lowest BCUT2D eigenvalue weighted by molar-refractivity contribution is 0.245. The Kier molecular flexibility index (Phi) is 6.43. The Morgan fingerprint density at radius 1 is 0.815 bits per heavy atom. The zero-order valence-corrected chi connectivity index (χ0v) is 17.0. The van der Waals surface area contributed by atoms with Crippen LogP contribution in [-0.2, 0) is 6.42 Å². The van der Waals surface area contributed by atoms with E-state index in [9.17, 15) is 5.11 Å². The summed E-state index contributed by atoms with van der Waals surface area (Å²) in [7, 11) is -2.43. The fourth-order valence-corrected chi connectivity index (χ4v) is 9.18. The number of hydrogen-bond donors (Lipinski definition) is 1. The summed E-state index contributed by atoms with van der Waals surface area (Å²) in [5.41, 5.74) is 0.770. The third-order valence-electron chi connectivity index (χ3n) is 5.46. The molecule has 0 amide bonds. The summed E-state index contributed by atoms with van der Waals surface area (Å²) in [4.78, 5) is 0. The molecule has 0 fully saturated rings. The van der Waals surface area contributed by atoms with Crippen molar-refractivity contribution in [2.24, 2.45) is 5.92 Å². The van der Waals surface area contributed by atoms with Crippen LogP contribution in [0.2, 0.25) is 6.04 Å². The molecule has 2 heteroatoms. The van der Waals surface area contributed by atoms with Crippen LogP contribution in [0.3, 0.4) is 0 Å². The van der Waals surface area contributed by atoms with Gasteiger partial charge in [-0.1, -0.05) is 114 Å². The summed E-state index contributed by atoms with van der Waals surface area (Å²) < 4.78 is 0. The monoisotopic (exact) mass is 372 g/mol. The molecule has 0 saturated carbocycles. The van der Waals surface area contributed by atoms with E-state index >= 15 is 0 Å². The first kappa shape index (κ1) is 19.3. The van der Waals surface area contributed by atoms with Crippen LogP contribution in [0.5, 0.6) is 0 Å². The Hall–Kier alpha value is -2.42. The molecule has 0 spiro atoms. The number of hydrogen-bond acceptors (Lipinski definition) is 1. The van der Waals surface area contributed by atoms with E-state index in [-0.39, 0.29) is 0 Å². The first-order chi connectivity index (χ1) is 13.2. The molecular formula is C25H28OSi. The lowest BCUT2D eigenvalue weighted by Gasteiger charge is -2.39. The van der Waals surface area contributed by atoms with E-state index in [1.165, 1.54) is 15.9 Å². The van der Waals surface area contributed by atoms with Crippen molar-refractivity contribution in [3.8, 4) is 0 Å². The minimum Gasteiger partial charge on any atom is -0.395 e. The average Bonchev–Trinajstić information content (AvgIpc) is 2.73. The summed E-state index contributed by atoms with van der Waals surface area (Å²) >= 11 is 0. The minimum absolute atomic E-state index is 0.336. The summed E-state index contributed by atoms with van der Waals surface area (Å²) in [5, 5.41) is 14.3. The summed E-state index contributed by atoms with van der Waals surface area (Å²) in [6.45, 7) is 6.22. The first-order valence-corrected chi connectivity index (χ1v) is 11.9. The van der Waals surface area contributed by atoms with Gasteiger partial charge in [0.2, 0.25) is 0 Å². The van der Waals surface area contributed by atoms with Crippen molar-refractivity contribution in [3.05, 3.63) is 109 Å². The van der Waals surface area contributed by atoms with Crippen molar-refractivity contribution in [2.45, 2.75) is 25.1 Å². The molecule has 0 bridgehead atoms. The van der Waals surface area contributed by atoms with E-state index in [4.69, 9.17) is 0 Å². The lowest BCUT2D eigenvalue weighted by Crippen LogP contribution is -2.67. The van der Waals surface area contributed by atoms with E-state index in [1.807, 2.05) is 36.4 Å². The second-order valence-electron chi connectivity index (χ2n) is 7.33. The van der Waals surface area contributed by atoms with Gasteiger partial charge in [-0.25, -0.2) is 0 Å². The molecular weight excluding hydrogens is 344 g/mol. The molecule has 0 aliphatic carbocycles. The van der Waals surface area contributed by atoms with Crippen molar-refractivity contribution in [3.63, 3.8) is 0 Å². The molecule has 0 aromatic heterocycles. The minimum atomic E-state index is -2.43. The Morgan fingerprint density at radius 2 is 1.26 bits per heavy atom. The van der Waals surface area contributed by atoms with Gasteiger partial charge in [-0.15, -0.1) is 6.58 Å². The molecule has 27 heavy (non-hydrogen) atoms. The first-order valence-electron chi connectivity index (χ1n) is 9.62. The van der Waals surface area contributed by atoms with Crippen molar-refractivity contribution in [1.29, 1.82) is 0 Å². The lowest BCUT2D eigenvalue weighted by atomic mass is 10.2. The number of aliphatic hydroxyl groups is 1. The van der Waals surface area contributed by atoms with Gasteiger partial charge in [0.15, 0.2) is 0 Å². The predicted molar refractivity (Wildman–Crippen MR) is 118 cm³/mol. The molecule has 0 aliphatic heterocycles. The third kappa shape index (κ3) is 4.29. The second-order valence-corrected chi connectivity index (χ2v) is 11.5.